The predicted molar refractivity (Wildman–Crippen MR) is 83.3 cm³/mol. The summed E-state index contributed by atoms with van der Waals surface area (Å²) >= 11 is 1.39. The lowest BCUT2D eigenvalue weighted by molar-refractivity contribution is 0.215. The van der Waals surface area contributed by atoms with Gasteiger partial charge in [-0.25, -0.2) is 0 Å². The van der Waals surface area contributed by atoms with E-state index >= 15 is 0 Å². The molecule has 21 heavy (non-hydrogen) atoms. The van der Waals surface area contributed by atoms with Crippen LogP contribution in [-0.2, 0) is 4.84 Å². The summed E-state index contributed by atoms with van der Waals surface area (Å²) in [5.41, 5.74) is 1.32. The van der Waals surface area contributed by atoms with Gasteiger partial charge in [-0.2, -0.15) is 5.26 Å². The summed E-state index contributed by atoms with van der Waals surface area (Å²) in [6, 6.07) is 7.61. The van der Waals surface area contributed by atoms with Crippen LogP contribution in [0.3, 0.4) is 0 Å². The van der Waals surface area contributed by atoms with Crippen molar-refractivity contribution in [1.29, 1.82) is 5.26 Å². The van der Waals surface area contributed by atoms with E-state index in [2.05, 4.69) is 11.2 Å². The van der Waals surface area contributed by atoms with Crippen LogP contribution in [0.2, 0.25) is 0 Å². The Balaban J connectivity index is 2.42. The van der Waals surface area contributed by atoms with Crippen LogP contribution in [-0.4, -0.2) is 26.4 Å². The first kappa shape index (κ1) is 15.0. The second-order valence-electron chi connectivity index (χ2n) is 3.97. The van der Waals surface area contributed by atoms with Gasteiger partial charge in [0.15, 0.2) is 11.5 Å². The molecular formula is C15H14N2O3S. The van der Waals surface area contributed by atoms with Crippen LogP contribution in [0.4, 0.5) is 0 Å². The molecule has 1 aliphatic heterocycles. The Morgan fingerprint density at radius 2 is 1.90 bits per heavy atom. The molecule has 1 aromatic rings. The lowest BCUT2D eigenvalue weighted by atomic mass is 10.1. The number of hydrogen-bond acceptors (Lipinski definition) is 6. The van der Waals surface area contributed by atoms with Crippen molar-refractivity contribution in [2.45, 2.75) is 0 Å². The average molecular weight is 302 g/mol. The molecule has 0 bridgehead atoms. The largest absolute Gasteiger partial charge is 0.493 e. The van der Waals surface area contributed by atoms with Crippen molar-refractivity contribution in [3.63, 3.8) is 0 Å². The fourth-order valence-corrected chi connectivity index (χ4v) is 2.73. The van der Waals surface area contributed by atoms with Crippen LogP contribution in [0.1, 0.15) is 5.56 Å². The summed E-state index contributed by atoms with van der Waals surface area (Å²) in [5, 5.41) is 14.0. The maximum absolute atomic E-state index is 9.45. The van der Waals surface area contributed by atoms with Crippen molar-refractivity contribution in [2.75, 3.05) is 21.3 Å². The minimum atomic E-state index is 0.554. The number of allylic oxidation sites excluding steroid dienone is 2. The molecule has 5 nitrogen and oxygen atoms in total. The maximum Gasteiger partial charge on any atom is 0.161 e. The lowest BCUT2D eigenvalue weighted by Gasteiger charge is -2.09. The Morgan fingerprint density at radius 1 is 1.14 bits per heavy atom. The Labute approximate surface area is 127 Å². The van der Waals surface area contributed by atoms with Crippen molar-refractivity contribution >= 4 is 22.4 Å². The van der Waals surface area contributed by atoms with Crippen molar-refractivity contribution < 1.29 is 14.3 Å². The SMILES string of the molecule is CON=C1C=C/C(=C(\C#N)c2ccc(OC)c(OC)c2)S1. The minimum Gasteiger partial charge on any atom is -0.493 e. The highest BCUT2D eigenvalue weighted by atomic mass is 32.2. The molecule has 0 atom stereocenters. The Kier molecular flexibility index (Phi) is 4.90. The first-order valence-electron chi connectivity index (χ1n) is 6.07. The first-order chi connectivity index (χ1) is 10.2. The highest BCUT2D eigenvalue weighted by Gasteiger charge is 2.17. The van der Waals surface area contributed by atoms with Gasteiger partial charge in [0.25, 0.3) is 0 Å². The van der Waals surface area contributed by atoms with E-state index < -0.39 is 0 Å². The van der Waals surface area contributed by atoms with E-state index in [1.807, 2.05) is 18.2 Å². The van der Waals surface area contributed by atoms with Gasteiger partial charge in [0, 0.05) is 4.91 Å². The van der Waals surface area contributed by atoms with E-state index in [-0.39, 0.29) is 0 Å². The number of rotatable bonds is 4. The zero-order valence-electron chi connectivity index (χ0n) is 11.9. The monoisotopic (exact) mass is 302 g/mol. The van der Waals surface area contributed by atoms with E-state index in [4.69, 9.17) is 14.3 Å². The number of nitrogens with zero attached hydrogens (tertiary/aromatic N) is 2. The highest BCUT2D eigenvalue weighted by Crippen LogP contribution is 2.36. The second kappa shape index (κ2) is 6.86. The van der Waals surface area contributed by atoms with Crippen LogP contribution in [0.5, 0.6) is 11.5 Å². The number of nitriles is 1. The summed E-state index contributed by atoms with van der Waals surface area (Å²) in [6.45, 7) is 0. The van der Waals surface area contributed by atoms with Gasteiger partial charge in [-0.15, -0.1) is 0 Å². The molecule has 0 aromatic heterocycles. The summed E-state index contributed by atoms with van der Waals surface area (Å²) in [4.78, 5) is 5.55. The minimum absolute atomic E-state index is 0.554. The fourth-order valence-electron chi connectivity index (χ4n) is 1.85. The molecule has 0 N–H and O–H groups in total. The third-order valence-corrected chi connectivity index (χ3v) is 3.78. The van der Waals surface area contributed by atoms with E-state index in [0.717, 1.165) is 10.5 Å². The molecule has 0 amide bonds. The molecule has 1 aliphatic rings. The van der Waals surface area contributed by atoms with Crippen molar-refractivity contribution in [1.82, 2.24) is 0 Å². The smallest absolute Gasteiger partial charge is 0.161 e. The number of oxime groups is 1. The van der Waals surface area contributed by atoms with Crippen LogP contribution < -0.4 is 9.47 Å². The van der Waals surface area contributed by atoms with Crippen molar-refractivity contribution in [2.24, 2.45) is 5.16 Å². The Bertz CT molecular complexity index is 672. The van der Waals surface area contributed by atoms with Crippen LogP contribution in [0.15, 0.2) is 40.4 Å². The molecule has 2 rings (SSSR count). The molecule has 0 radical (unpaired) electrons. The molecule has 1 aromatic carbocycles. The molecule has 0 fully saturated rings. The average Bonchev–Trinajstić information content (AvgIpc) is 2.96. The van der Waals surface area contributed by atoms with Crippen molar-refractivity contribution in [3.8, 4) is 17.6 Å². The van der Waals surface area contributed by atoms with Gasteiger partial charge in [0.1, 0.15) is 18.2 Å². The maximum atomic E-state index is 9.45. The van der Waals surface area contributed by atoms with Gasteiger partial charge in [-0.3, -0.25) is 0 Å². The number of thioether (sulfide) groups is 1. The molecule has 0 spiro atoms. The molecule has 0 unspecified atom stereocenters. The molecule has 6 heteroatoms. The van der Waals surface area contributed by atoms with E-state index in [1.165, 1.54) is 18.9 Å². The lowest BCUT2D eigenvalue weighted by Crippen LogP contribution is -1.93. The van der Waals surface area contributed by atoms with Crippen LogP contribution in [0.25, 0.3) is 5.57 Å². The molecule has 108 valence electrons. The fraction of sp³-hybridized carbons (Fsp3) is 0.200. The first-order valence-corrected chi connectivity index (χ1v) is 6.89. The Hall–Kier alpha value is -2.39. The number of hydrogen-bond donors (Lipinski definition) is 0. The quantitative estimate of drug-likeness (QED) is 0.631. The van der Waals surface area contributed by atoms with Gasteiger partial charge in [0.05, 0.1) is 19.8 Å². The molecule has 0 saturated heterocycles. The van der Waals surface area contributed by atoms with Crippen LogP contribution in [0, 0.1) is 11.3 Å². The molecular weight excluding hydrogens is 288 g/mol. The number of benzene rings is 1. The van der Waals surface area contributed by atoms with E-state index in [9.17, 15) is 5.26 Å². The number of methoxy groups -OCH3 is 2. The van der Waals surface area contributed by atoms with Gasteiger partial charge < -0.3 is 14.3 Å². The zero-order valence-corrected chi connectivity index (χ0v) is 12.7. The van der Waals surface area contributed by atoms with Gasteiger partial charge in [0.2, 0.25) is 0 Å². The van der Waals surface area contributed by atoms with Crippen LogP contribution >= 0.6 is 11.8 Å². The highest BCUT2D eigenvalue weighted by molar-refractivity contribution is 8.18. The van der Waals surface area contributed by atoms with E-state index in [0.29, 0.717) is 22.1 Å². The Morgan fingerprint density at radius 3 is 2.52 bits per heavy atom. The third-order valence-electron chi connectivity index (χ3n) is 2.80. The predicted octanol–water partition coefficient (Wildman–Crippen LogP) is 3.20. The standard InChI is InChI=1S/C15H14N2O3S/c1-18-12-5-4-10(8-13(12)19-2)11(9-16)14-6-7-15(21-14)17-20-3/h4-8H,1-3H3/b14-11-,17-15?. The summed E-state index contributed by atoms with van der Waals surface area (Å²) in [5.74, 6) is 1.21. The van der Waals surface area contributed by atoms with Gasteiger partial charge in [-0.1, -0.05) is 16.9 Å². The molecule has 1 heterocycles. The second-order valence-corrected chi connectivity index (χ2v) is 5.03. The van der Waals surface area contributed by atoms with Gasteiger partial charge >= 0.3 is 0 Å². The third kappa shape index (κ3) is 3.20. The van der Waals surface area contributed by atoms with Crippen molar-refractivity contribution in [3.05, 3.63) is 40.8 Å². The summed E-state index contributed by atoms with van der Waals surface area (Å²) in [7, 11) is 4.63. The topological polar surface area (TPSA) is 63.8 Å². The number of ether oxygens (including phenoxy) is 2. The van der Waals surface area contributed by atoms with E-state index in [1.54, 1.807) is 26.4 Å². The van der Waals surface area contributed by atoms with Gasteiger partial charge in [-0.05, 0) is 35.9 Å². The summed E-state index contributed by atoms with van der Waals surface area (Å²) < 4.78 is 10.5. The normalized spacial score (nSPS) is 17.5. The summed E-state index contributed by atoms with van der Waals surface area (Å²) in [6.07, 6.45) is 3.65. The zero-order chi connectivity index (χ0) is 15.2. The molecule has 0 saturated carbocycles. The molecule has 0 aliphatic carbocycles.